The van der Waals surface area contributed by atoms with E-state index in [1.54, 1.807) is 0 Å². The highest BCUT2D eigenvalue weighted by Crippen LogP contribution is 2.29. The lowest BCUT2D eigenvalue weighted by molar-refractivity contribution is -0.0235. The van der Waals surface area contributed by atoms with E-state index in [0.29, 0.717) is 13.0 Å². The van der Waals surface area contributed by atoms with E-state index in [1.807, 2.05) is 11.9 Å². The summed E-state index contributed by atoms with van der Waals surface area (Å²) in [6.45, 7) is 1.35. The topological polar surface area (TPSA) is 23.5 Å². The molecule has 2 nitrogen and oxygen atoms in total. The number of aliphatic hydroxyl groups is 1. The number of likely N-dealkylation sites (tertiary alicyclic amines) is 1. The number of hydrogen-bond donors (Lipinski definition) is 1. The highest BCUT2D eigenvalue weighted by atomic mass is 79.9. The summed E-state index contributed by atoms with van der Waals surface area (Å²) in [5.41, 5.74) is -1.09. The Morgan fingerprint density at radius 1 is 1.44 bits per heavy atom. The van der Waals surface area contributed by atoms with E-state index in [9.17, 15) is 13.9 Å². The predicted octanol–water partition coefficient (Wildman–Crippen LogP) is 2.73. The average molecular weight is 320 g/mol. The monoisotopic (exact) mass is 319 g/mol. The molecule has 1 aromatic carbocycles. The Hall–Kier alpha value is -0.520. The van der Waals surface area contributed by atoms with Crippen molar-refractivity contribution in [2.75, 3.05) is 20.1 Å². The Bertz CT molecular complexity index is 455. The zero-order chi connectivity index (χ0) is 13.3. The molecule has 1 aliphatic heterocycles. The van der Waals surface area contributed by atoms with Crippen molar-refractivity contribution < 1.29 is 13.9 Å². The zero-order valence-corrected chi connectivity index (χ0v) is 11.8. The summed E-state index contributed by atoms with van der Waals surface area (Å²) in [6.07, 6.45) is 1.42. The van der Waals surface area contributed by atoms with Gasteiger partial charge in [-0.2, -0.15) is 0 Å². The first kappa shape index (κ1) is 13.9. The first-order valence-corrected chi connectivity index (χ1v) is 6.74. The van der Waals surface area contributed by atoms with Crippen LogP contribution in [0.5, 0.6) is 0 Å². The number of halogens is 3. The lowest BCUT2D eigenvalue weighted by Gasteiger charge is -2.37. The fourth-order valence-corrected chi connectivity index (χ4v) is 2.91. The third kappa shape index (κ3) is 2.90. The van der Waals surface area contributed by atoms with E-state index < -0.39 is 17.2 Å². The Labute approximate surface area is 114 Å². The number of piperidine rings is 1. The predicted molar refractivity (Wildman–Crippen MR) is 69.4 cm³/mol. The summed E-state index contributed by atoms with van der Waals surface area (Å²) in [5.74, 6) is -1.21. The third-order valence-corrected chi connectivity index (χ3v) is 4.00. The molecule has 18 heavy (non-hydrogen) atoms. The summed E-state index contributed by atoms with van der Waals surface area (Å²) in [5, 5.41) is 10.4. The van der Waals surface area contributed by atoms with Crippen LogP contribution in [0.3, 0.4) is 0 Å². The quantitative estimate of drug-likeness (QED) is 0.847. The van der Waals surface area contributed by atoms with Gasteiger partial charge in [0.1, 0.15) is 11.6 Å². The molecular weight excluding hydrogens is 304 g/mol. The molecule has 1 unspecified atom stereocenters. The molecule has 0 spiro atoms. The number of nitrogens with zero attached hydrogens (tertiary/aromatic N) is 1. The van der Waals surface area contributed by atoms with Gasteiger partial charge < -0.3 is 10.0 Å². The van der Waals surface area contributed by atoms with Gasteiger partial charge in [-0.1, -0.05) is 0 Å². The fraction of sp³-hybridized carbons (Fsp3) is 0.538. The molecule has 100 valence electrons. The molecular formula is C13H16BrF2NO. The Morgan fingerprint density at radius 3 is 2.83 bits per heavy atom. The van der Waals surface area contributed by atoms with E-state index in [1.165, 1.54) is 12.1 Å². The van der Waals surface area contributed by atoms with Crippen molar-refractivity contribution >= 4 is 15.9 Å². The molecule has 1 fully saturated rings. The smallest absolute Gasteiger partial charge is 0.143 e. The van der Waals surface area contributed by atoms with Crippen molar-refractivity contribution in [2.45, 2.75) is 24.9 Å². The van der Waals surface area contributed by atoms with E-state index in [4.69, 9.17) is 0 Å². The minimum absolute atomic E-state index is 0.00838. The summed E-state index contributed by atoms with van der Waals surface area (Å²) in [4.78, 5) is 1.98. The van der Waals surface area contributed by atoms with Crippen LogP contribution in [0.25, 0.3) is 0 Å². The molecule has 0 aromatic heterocycles. The van der Waals surface area contributed by atoms with Crippen LogP contribution in [0.4, 0.5) is 8.78 Å². The van der Waals surface area contributed by atoms with Crippen LogP contribution in [0.1, 0.15) is 18.4 Å². The second-order valence-corrected chi connectivity index (χ2v) is 5.92. The number of β-amino-alcohol motifs (C(OH)–C–C–N with tert-alkyl or cyclic N) is 1. The van der Waals surface area contributed by atoms with Gasteiger partial charge in [0.15, 0.2) is 0 Å². The molecule has 0 bridgehead atoms. The van der Waals surface area contributed by atoms with Crippen LogP contribution in [-0.2, 0) is 6.42 Å². The fourth-order valence-electron chi connectivity index (χ4n) is 2.54. The van der Waals surface area contributed by atoms with Crippen molar-refractivity contribution in [1.82, 2.24) is 4.90 Å². The number of hydrogen-bond acceptors (Lipinski definition) is 2. The highest BCUT2D eigenvalue weighted by Gasteiger charge is 2.34. The molecule has 1 aliphatic rings. The van der Waals surface area contributed by atoms with Crippen molar-refractivity contribution in [1.29, 1.82) is 0 Å². The van der Waals surface area contributed by atoms with E-state index in [2.05, 4.69) is 15.9 Å². The summed E-state index contributed by atoms with van der Waals surface area (Å²) < 4.78 is 27.8. The lowest BCUT2D eigenvalue weighted by atomic mass is 9.86. The van der Waals surface area contributed by atoms with Gasteiger partial charge in [0.25, 0.3) is 0 Å². The maximum Gasteiger partial charge on any atom is 0.143 e. The minimum Gasteiger partial charge on any atom is -0.388 e. The molecule has 1 N–H and O–H groups in total. The number of benzene rings is 1. The first-order valence-electron chi connectivity index (χ1n) is 5.95. The van der Waals surface area contributed by atoms with Crippen molar-refractivity contribution in [3.05, 3.63) is 33.8 Å². The van der Waals surface area contributed by atoms with Crippen LogP contribution in [0.2, 0.25) is 0 Å². The standard InChI is InChI=1S/C13H16BrF2NO/c1-17-6-2-5-13(18,8-17)7-9-11(15)4-3-10(14)12(9)16/h3-4,18H,2,5-8H2,1H3. The normalized spacial score (nSPS) is 25.4. The van der Waals surface area contributed by atoms with Gasteiger partial charge in [0, 0.05) is 18.5 Å². The number of rotatable bonds is 2. The molecule has 1 saturated heterocycles. The van der Waals surface area contributed by atoms with Gasteiger partial charge in [-0.25, -0.2) is 8.78 Å². The van der Waals surface area contributed by atoms with Gasteiger partial charge in [-0.3, -0.25) is 0 Å². The van der Waals surface area contributed by atoms with Gasteiger partial charge in [0.2, 0.25) is 0 Å². The minimum atomic E-state index is -1.05. The second-order valence-electron chi connectivity index (χ2n) is 5.06. The van der Waals surface area contributed by atoms with Crippen molar-refractivity contribution in [2.24, 2.45) is 0 Å². The Kier molecular flexibility index (Phi) is 4.04. The van der Waals surface area contributed by atoms with Gasteiger partial charge in [-0.05, 0) is 54.5 Å². The van der Waals surface area contributed by atoms with Crippen LogP contribution in [-0.4, -0.2) is 35.7 Å². The van der Waals surface area contributed by atoms with E-state index >= 15 is 0 Å². The molecule has 2 rings (SSSR count). The van der Waals surface area contributed by atoms with Crippen molar-refractivity contribution in [3.8, 4) is 0 Å². The van der Waals surface area contributed by atoms with Crippen LogP contribution >= 0.6 is 15.9 Å². The maximum atomic E-state index is 13.9. The van der Waals surface area contributed by atoms with Crippen LogP contribution < -0.4 is 0 Å². The lowest BCUT2D eigenvalue weighted by Crippen LogP contribution is -2.48. The first-order chi connectivity index (χ1) is 8.41. The van der Waals surface area contributed by atoms with Crippen molar-refractivity contribution in [3.63, 3.8) is 0 Å². The summed E-state index contributed by atoms with van der Waals surface area (Å²) >= 11 is 3.04. The largest absolute Gasteiger partial charge is 0.388 e. The molecule has 0 radical (unpaired) electrons. The summed E-state index contributed by atoms with van der Waals surface area (Å²) in [7, 11) is 1.90. The molecule has 1 heterocycles. The zero-order valence-electron chi connectivity index (χ0n) is 10.2. The molecule has 1 aromatic rings. The van der Waals surface area contributed by atoms with E-state index in [0.717, 1.165) is 13.0 Å². The maximum absolute atomic E-state index is 13.9. The van der Waals surface area contributed by atoms with Crippen LogP contribution in [0, 0.1) is 11.6 Å². The second kappa shape index (κ2) is 5.23. The highest BCUT2D eigenvalue weighted by molar-refractivity contribution is 9.10. The van der Waals surface area contributed by atoms with Gasteiger partial charge >= 0.3 is 0 Å². The molecule has 0 amide bonds. The molecule has 1 atom stereocenters. The molecule has 0 aliphatic carbocycles. The Morgan fingerprint density at radius 2 is 2.17 bits per heavy atom. The molecule has 0 saturated carbocycles. The Balaban J connectivity index is 2.25. The SMILES string of the molecule is CN1CCCC(O)(Cc2c(F)ccc(Br)c2F)C1. The summed E-state index contributed by atoms with van der Waals surface area (Å²) in [6, 6.07) is 2.56. The van der Waals surface area contributed by atoms with Gasteiger partial charge in [0.05, 0.1) is 10.1 Å². The number of likely N-dealkylation sites (N-methyl/N-ethyl adjacent to an activating group) is 1. The van der Waals surface area contributed by atoms with Gasteiger partial charge in [-0.15, -0.1) is 0 Å². The van der Waals surface area contributed by atoms with E-state index in [-0.39, 0.29) is 16.5 Å². The van der Waals surface area contributed by atoms with Crippen LogP contribution in [0.15, 0.2) is 16.6 Å². The molecule has 5 heteroatoms. The third-order valence-electron chi connectivity index (χ3n) is 3.39. The average Bonchev–Trinajstić information content (AvgIpc) is 2.29.